The molecule has 1 heterocycles. The number of rotatable bonds is 6. The van der Waals surface area contributed by atoms with E-state index in [2.05, 4.69) is 4.99 Å². The smallest absolute Gasteiger partial charge is 0.337 e. The van der Waals surface area contributed by atoms with E-state index in [1.807, 2.05) is 0 Å². The second kappa shape index (κ2) is 9.82. The van der Waals surface area contributed by atoms with Crippen molar-refractivity contribution in [2.75, 3.05) is 14.2 Å². The van der Waals surface area contributed by atoms with Gasteiger partial charge in [0.2, 0.25) is 5.91 Å². The Morgan fingerprint density at radius 2 is 1.90 bits per heavy atom. The Hall–Kier alpha value is -2.48. The summed E-state index contributed by atoms with van der Waals surface area (Å²) < 4.78 is 12.0. The van der Waals surface area contributed by atoms with E-state index in [1.54, 1.807) is 22.8 Å². The highest BCUT2D eigenvalue weighted by molar-refractivity contribution is 7.16. The highest BCUT2D eigenvalue weighted by atomic mass is 32.1. The van der Waals surface area contributed by atoms with Gasteiger partial charge in [0.15, 0.2) is 4.80 Å². The summed E-state index contributed by atoms with van der Waals surface area (Å²) in [5.41, 5.74) is 1.12. The number of carbonyl (C=O) groups is 3. The van der Waals surface area contributed by atoms with Gasteiger partial charge in [-0.2, -0.15) is 4.99 Å². The zero-order valence-electron chi connectivity index (χ0n) is 16.8. The zero-order valence-corrected chi connectivity index (χ0v) is 17.6. The molecule has 1 aliphatic carbocycles. The maximum Gasteiger partial charge on any atom is 0.337 e. The molecular formula is C21H26N2O5S. The standard InChI is InChI=1S/C21H26N2O5S/c1-27-19(25)13-23-16-10-9-15(20(26)28-2)12-17(16)29-21(23)22-18(24)11-8-14-6-4-3-5-7-14/h9-10,12,14H,3-8,11,13H2,1-2H3. The highest BCUT2D eigenvalue weighted by Crippen LogP contribution is 2.27. The largest absolute Gasteiger partial charge is 0.468 e. The van der Waals surface area contributed by atoms with Gasteiger partial charge in [0.1, 0.15) is 6.54 Å². The Balaban J connectivity index is 1.89. The molecule has 0 atom stereocenters. The number of hydrogen-bond donors (Lipinski definition) is 0. The Labute approximate surface area is 173 Å². The number of benzene rings is 1. The van der Waals surface area contributed by atoms with Crippen LogP contribution in [0.3, 0.4) is 0 Å². The molecule has 3 rings (SSSR count). The molecule has 0 aliphatic heterocycles. The average molecular weight is 419 g/mol. The number of nitrogens with zero attached hydrogens (tertiary/aromatic N) is 2. The first-order valence-electron chi connectivity index (χ1n) is 9.88. The third-order valence-electron chi connectivity index (χ3n) is 5.33. The second-order valence-electron chi connectivity index (χ2n) is 7.27. The Kier molecular flexibility index (Phi) is 7.19. The lowest BCUT2D eigenvalue weighted by molar-refractivity contribution is -0.141. The number of aromatic nitrogens is 1. The van der Waals surface area contributed by atoms with Gasteiger partial charge in [-0.05, 0) is 30.5 Å². The van der Waals surface area contributed by atoms with Crippen molar-refractivity contribution in [1.29, 1.82) is 0 Å². The molecule has 2 aromatic rings. The average Bonchev–Trinajstić information content (AvgIpc) is 3.08. The van der Waals surface area contributed by atoms with E-state index in [9.17, 15) is 14.4 Å². The third kappa shape index (κ3) is 5.32. The number of amides is 1. The first-order valence-corrected chi connectivity index (χ1v) is 10.7. The van der Waals surface area contributed by atoms with E-state index in [4.69, 9.17) is 9.47 Å². The molecule has 0 N–H and O–H groups in total. The van der Waals surface area contributed by atoms with E-state index >= 15 is 0 Å². The van der Waals surface area contributed by atoms with E-state index in [1.165, 1.54) is 57.7 Å². The fourth-order valence-corrected chi connectivity index (χ4v) is 4.80. The number of fused-ring (bicyclic) bond motifs is 1. The second-order valence-corrected chi connectivity index (χ2v) is 8.28. The molecule has 29 heavy (non-hydrogen) atoms. The summed E-state index contributed by atoms with van der Waals surface area (Å²) in [4.78, 5) is 40.9. The molecular weight excluding hydrogens is 392 g/mol. The fourth-order valence-electron chi connectivity index (χ4n) is 3.72. The predicted molar refractivity (Wildman–Crippen MR) is 110 cm³/mol. The van der Waals surface area contributed by atoms with Crippen molar-refractivity contribution in [3.05, 3.63) is 28.6 Å². The molecule has 0 radical (unpaired) electrons. The van der Waals surface area contributed by atoms with Gasteiger partial charge >= 0.3 is 11.9 Å². The van der Waals surface area contributed by atoms with Gasteiger partial charge in [-0.3, -0.25) is 9.59 Å². The first kappa shape index (κ1) is 21.2. The molecule has 0 bridgehead atoms. The van der Waals surface area contributed by atoms with Crippen molar-refractivity contribution in [3.8, 4) is 0 Å². The van der Waals surface area contributed by atoms with Crippen LogP contribution < -0.4 is 4.80 Å². The van der Waals surface area contributed by atoms with Crippen LogP contribution in [0, 0.1) is 5.92 Å². The summed E-state index contributed by atoms with van der Waals surface area (Å²) in [7, 11) is 2.64. The maximum absolute atomic E-state index is 12.5. The van der Waals surface area contributed by atoms with Crippen molar-refractivity contribution in [2.45, 2.75) is 51.5 Å². The van der Waals surface area contributed by atoms with Gasteiger partial charge in [-0.25, -0.2) is 4.79 Å². The minimum Gasteiger partial charge on any atom is -0.468 e. The molecule has 8 heteroatoms. The third-order valence-corrected chi connectivity index (χ3v) is 6.37. The van der Waals surface area contributed by atoms with E-state index in [0.29, 0.717) is 28.2 Å². The van der Waals surface area contributed by atoms with Gasteiger partial charge in [0.05, 0.1) is 30.0 Å². The lowest BCUT2D eigenvalue weighted by atomic mass is 9.86. The normalized spacial score (nSPS) is 15.4. The summed E-state index contributed by atoms with van der Waals surface area (Å²) in [5.74, 6) is -0.455. The van der Waals surface area contributed by atoms with Crippen LogP contribution in [0.2, 0.25) is 0 Å². The SMILES string of the molecule is COC(=O)Cn1c(=NC(=O)CCC2CCCCC2)sc2cc(C(=O)OC)ccc21. The number of methoxy groups -OCH3 is 2. The topological polar surface area (TPSA) is 87.0 Å². The van der Waals surface area contributed by atoms with E-state index in [-0.39, 0.29) is 12.5 Å². The Bertz CT molecular complexity index is 969. The quantitative estimate of drug-likeness (QED) is 0.671. The van der Waals surface area contributed by atoms with Gasteiger partial charge < -0.3 is 14.0 Å². The van der Waals surface area contributed by atoms with Crippen molar-refractivity contribution >= 4 is 39.4 Å². The minimum absolute atomic E-state index is 0.0528. The van der Waals surface area contributed by atoms with Crippen LogP contribution in [0.5, 0.6) is 0 Å². The summed E-state index contributed by atoms with van der Waals surface area (Å²) in [5, 5.41) is 0. The molecule has 7 nitrogen and oxygen atoms in total. The van der Waals surface area contributed by atoms with Gasteiger partial charge in [0, 0.05) is 6.42 Å². The van der Waals surface area contributed by atoms with Crippen LogP contribution in [0.15, 0.2) is 23.2 Å². The number of carbonyl (C=O) groups excluding carboxylic acids is 3. The molecule has 1 aliphatic rings. The predicted octanol–water partition coefficient (Wildman–Crippen LogP) is 3.45. The maximum atomic E-state index is 12.5. The zero-order chi connectivity index (χ0) is 20.8. The van der Waals surface area contributed by atoms with Crippen molar-refractivity contribution in [3.63, 3.8) is 0 Å². The van der Waals surface area contributed by atoms with Crippen LogP contribution in [-0.4, -0.2) is 36.6 Å². The van der Waals surface area contributed by atoms with Crippen LogP contribution in [0.25, 0.3) is 10.2 Å². The highest BCUT2D eigenvalue weighted by Gasteiger charge is 2.16. The fraction of sp³-hybridized carbons (Fsp3) is 0.524. The number of thiazole rings is 1. The van der Waals surface area contributed by atoms with Crippen LogP contribution in [0.4, 0.5) is 0 Å². The van der Waals surface area contributed by atoms with E-state index < -0.39 is 11.9 Å². The van der Waals surface area contributed by atoms with Gasteiger partial charge in [0.25, 0.3) is 0 Å². The molecule has 1 aromatic carbocycles. The van der Waals surface area contributed by atoms with Gasteiger partial charge in [-0.1, -0.05) is 43.4 Å². The summed E-state index contributed by atoms with van der Waals surface area (Å²) in [6.07, 6.45) is 7.42. The molecule has 0 unspecified atom stereocenters. The van der Waals surface area contributed by atoms with Gasteiger partial charge in [-0.15, -0.1) is 0 Å². The van der Waals surface area contributed by atoms with Crippen LogP contribution >= 0.6 is 11.3 Å². The van der Waals surface area contributed by atoms with Crippen molar-refractivity contribution in [2.24, 2.45) is 10.9 Å². The summed E-state index contributed by atoms with van der Waals surface area (Å²) >= 11 is 1.27. The Morgan fingerprint density at radius 3 is 2.59 bits per heavy atom. The molecule has 1 fully saturated rings. The van der Waals surface area contributed by atoms with Crippen molar-refractivity contribution in [1.82, 2.24) is 4.57 Å². The number of ether oxygens (including phenoxy) is 2. The minimum atomic E-state index is -0.443. The molecule has 1 aromatic heterocycles. The summed E-state index contributed by atoms with van der Waals surface area (Å²) in [6, 6.07) is 5.04. The number of esters is 2. The Morgan fingerprint density at radius 1 is 1.14 bits per heavy atom. The monoisotopic (exact) mass is 418 g/mol. The summed E-state index contributed by atoms with van der Waals surface area (Å²) in [6.45, 7) is -0.0528. The lowest BCUT2D eigenvalue weighted by Crippen LogP contribution is -2.22. The molecule has 1 amide bonds. The number of hydrogen-bond acceptors (Lipinski definition) is 6. The first-order chi connectivity index (χ1) is 14.0. The van der Waals surface area contributed by atoms with Crippen LogP contribution in [-0.2, 0) is 25.6 Å². The van der Waals surface area contributed by atoms with Crippen molar-refractivity contribution < 1.29 is 23.9 Å². The molecule has 156 valence electrons. The molecule has 0 saturated heterocycles. The van der Waals surface area contributed by atoms with E-state index in [0.717, 1.165) is 11.1 Å². The molecule has 0 spiro atoms. The molecule has 1 saturated carbocycles. The lowest BCUT2D eigenvalue weighted by Gasteiger charge is -2.20. The van der Waals surface area contributed by atoms with Crippen LogP contribution in [0.1, 0.15) is 55.3 Å².